The van der Waals surface area contributed by atoms with E-state index in [1.165, 1.54) is 49.0 Å². The summed E-state index contributed by atoms with van der Waals surface area (Å²) in [5.74, 6) is 1.57. The van der Waals surface area contributed by atoms with E-state index >= 15 is 0 Å². The number of nitrogens with zero attached hydrogens (tertiary/aromatic N) is 5. The highest BCUT2D eigenvalue weighted by Crippen LogP contribution is 2.27. The molecule has 3 heterocycles. The Morgan fingerprint density at radius 3 is 2.67 bits per heavy atom. The third kappa shape index (κ3) is 5.22. The summed E-state index contributed by atoms with van der Waals surface area (Å²) in [5, 5.41) is 7.87. The number of aryl methyl sites for hydroxylation is 1. The van der Waals surface area contributed by atoms with E-state index in [9.17, 15) is 0 Å². The van der Waals surface area contributed by atoms with Gasteiger partial charge in [0.05, 0.1) is 12.7 Å². The Morgan fingerprint density at radius 1 is 1.13 bits per heavy atom. The first kappa shape index (κ1) is 20.9. The van der Waals surface area contributed by atoms with Crippen molar-refractivity contribution in [1.29, 1.82) is 0 Å². The minimum absolute atomic E-state index is 0.536. The van der Waals surface area contributed by atoms with Crippen LogP contribution in [0.2, 0.25) is 0 Å². The lowest BCUT2D eigenvalue weighted by Gasteiger charge is -2.27. The second-order valence-corrected chi connectivity index (χ2v) is 8.65. The van der Waals surface area contributed by atoms with Crippen molar-refractivity contribution in [3.63, 3.8) is 0 Å². The average Bonchev–Trinajstić information content (AvgIpc) is 3.42. The molecule has 0 saturated carbocycles. The van der Waals surface area contributed by atoms with Crippen LogP contribution in [0.3, 0.4) is 0 Å². The SMILES string of the molecule is CCNC(=NCc1ccccc1CN1CCCCC1)N1CCC(c2cnn(C)c2)C1. The molecule has 162 valence electrons. The van der Waals surface area contributed by atoms with Gasteiger partial charge in [0.25, 0.3) is 0 Å². The Hall–Kier alpha value is -2.34. The summed E-state index contributed by atoms with van der Waals surface area (Å²) in [5.41, 5.74) is 4.11. The molecule has 0 amide bonds. The molecule has 0 radical (unpaired) electrons. The Labute approximate surface area is 181 Å². The Kier molecular flexibility index (Phi) is 7.05. The zero-order valence-corrected chi connectivity index (χ0v) is 18.6. The lowest BCUT2D eigenvalue weighted by molar-refractivity contribution is 0.220. The van der Waals surface area contributed by atoms with Crippen molar-refractivity contribution >= 4 is 5.96 Å². The summed E-state index contributed by atoms with van der Waals surface area (Å²) in [6.45, 7) is 9.33. The van der Waals surface area contributed by atoms with E-state index in [0.29, 0.717) is 5.92 Å². The number of guanidine groups is 1. The van der Waals surface area contributed by atoms with Crippen molar-refractivity contribution in [1.82, 2.24) is 24.9 Å². The predicted octanol–water partition coefficient (Wildman–Crippen LogP) is 3.36. The topological polar surface area (TPSA) is 48.7 Å². The van der Waals surface area contributed by atoms with Gasteiger partial charge in [-0.2, -0.15) is 5.10 Å². The minimum atomic E-state index is 0.536. The molecule has 2 aliphatic heterocycles. The van der Waals surface area contributed by atoms with E-state index in [1.807, 2.05) is 17.9 Å². The fourth-order valence-corrected chi connectivity index (χ4v) is 4.69. The van der Waals surface area contributed by atoms with Crippen LogP contribution in [-0.4, -0.2) is 58.3 Å². The fourth-order valence-electron chi connectivity index (χ4n) is 4.69. The monoisotopic (exact) mass is 408 g/mol. The molecule has 30 heavy (non-hydrogen) atoms. The smallest absolute Gasteiger partial charge is 0.194 e. The van der Waals surface area contributed by atoms with Gasteiger partial charge in [0.1, 0.15) is 0 Å². The van der Waals surface area contributed by atoms with Crippen molar-refractivity contribution in [3.8, 4) is 0 Å². The van der Waals surface area contributed by atoms with Crippen molar-refractivity contribution < 1.29 is 0 Å². The second kappa shape index (κ2) is 10.1. The van der Waals surface area contributed by atoms with E-state index in [4.69, 9.17) is 4.99 Å². The number of hydrogen-bond donors (Lipinski definition) is 1. The number of aromatic nitrogens is 2. The van der Waals surface area contributed by atoms with Crippen LogP contribution in [-0.2, 0) is 20.1 Å². The largest absolute Gasteiger partial charge is 0.357 e. The number of benzene rings is 1. The summed E-state index contributed by atoms with van der Waals surface area (Å²) in [4.78, 5) is 10.0. The van der Waals surface area contributed by atoms with Crippen LogP contribution in [0.25, 0.3) is 0 Å². The predicted molar refractivity (Wildman–Crippen MR) is 123 cm³/mol. The number of aliphatic imine (C=N–C) groups is 1. The maximum absolute atomic E-state index is 5.04. The molecule has 1 unspecified atom stereocenters. The van der Waals surface area contributed by atoms with Crippen LogP contribution in [0.4, 0.5) is 0 Å². The molecule has 0 aliphatic carbocycles. The van der Waals surface area contributed by atoms with Crippen LogP contribution in [0, 0.1) is 0 Å². The van der Waals surface area contributed by atoms with Gasteiger partial charge >= 0.3 is 0 Å². The van der Waals surface area contributed by atoms with Crippen LogP contribution >= 0.6 is 0 Å². The van der Waals surface area contributed by atoms with E-state index < -0.39 is 0 Å². The van der Waals surface area contributed by atoms with Gasteiger partial charge in [0.2, 0.25) is 0 Å². The molecular weight excluding hydrogens is 372 g/mol. The molecule has 6 heteroatoms. The average molecular weight is 409 g/mol. The first-order valence-electron chi connectivity index (χ1n) is 11.5. The maximum Gasteiger partial charge on any atom is 0.194 e. The highest BCUT2D eigenvalue weighted by atomic mass is 15.3. The molecule has 2 saturated heterocycles. The lowest BCUT2D eigenvalue weighted by Crippen LogP contribution is -2.40. The van der Waals surface area contributed by atoms with Gasteiger partial charge < -0.3 is 10.2 Å². The van der Waals surface area contributed by atoms with Crippen LogP contribution in [0.5, 0.6) is 0 Å². The normalized spacial score (nSPS) is 20.7. The van der Waals surface area contributed by atoms with E-state index in [1.54, 1.807) is 0 Å². The molecule has 1 N–H and O–H groups in total. The first-order chi connectivity index (χ1) is 14.7. The van der Waals surface area contributed by atoms with Crippen molar-refractivity contribution in [2.75, 3.05) is 32.7 Å². The summed E-state index contributed by atoms with van der Waals surface area (Å²) in [6.07, 6.45) is 9.35. The Balaban J connectivity index is 1.43. The lowest BCUT2D eigenvalue weighted by atomic mass is 10.0. The van der Waals surface area contributed by atoms with Gasteiger partial charge in [0, 0.05) is 45.3 Å². The van der Waals surface area contributed by atoms with Crippen molar-refractivity contribution in [3.05, 3.63) is 53.3 Å². The van der Waals surface area contributed by atoms with Gasteiger partial charge in [-0.25, -0.2) is 4.99 Å². The summed E-state index contributed by atoms with van der Waals surface area (Å²) >= 11 is 0. The molecule has 0 spiro atoms. The molecule has 2 aromatic rings. The van der Waals surface area contributed by atoms with E-state index in [2.05, 4.69) is 57.6 Å². The van der Waals surface area contributed by atoms with E-state index in [0.717, 1.165) is 45.1 Å². The molecule has 0 bridgehead atoms. The first-order valence-corrected chi connectivity index (χ1v) is 11.5. The molecule has 2 aliphatic rings. The molecular formula is C24H36N6. The quantitative estimate of drug-likeness (QED) is 0.588. The van der Waals surface area contributed by atoms with Crippen LogP contribution < -0.4 is 5.32 Å². The summed E-state index contributed by atoms with van der Waals surface area (Å²) in [7, 11) is 1.99. The van der Waals surface area contributed by atoms with Gasteiger partial charge in [-0.1, -0.05) is 30.7 Å². The molecule has 4 rings (SSSR count). The standard InChI is InChI=1S/C24H36N6/c1-3-25-24(30-14-11-22(19-30)23-16-27-28(2)17-23)26-15-20-9-5-6-10-21(20)18-29-12-7-4-8-13-29/h5-6,9-10,16-17,22H,3-4,7-8,11-15,18-19H2,1-2H3,(H,25,26). The highest BCUT2D eigenvalue weighted by molar-refractivity contribution is 5.80. The maximum atomic E-state index is 5.04. The van der Waals surface area contributed by atoms with Crippen molar-refractivity contribution in [2.24, 2.45) is 12.0 Å². The molecule has 1 aromatic carbocycles. The van der Waals surface area contributed by atoms with Crippen LogP contribution in [0.1, 0.15) is 55.2 Å². The fraction of sp³-hybridized carbons (Fsp3) is 0.583. The molecule has 1 aromatic heterocycles. The zero-order valence-electron chi connectivity index (χ0n) is 18.6. The zero-order chi connectivity index (χ0) is 20.8. The van der Waals surface area contributed by atoms with Gasteiger partial charge in [-0.15, -0.1) is 0 Å². The molecule has 1 atom stereocenters. The number of likely N-dealkylation sites (tertiary alicyclic amines) is 2. The third-order valence-electron chi connectivity index (χ3n) is 6.38. The van der Waals surface area contributed by atoms with E-state index in [-0.39, 0.29) is 0 Å². The van der Waals surface area contributed by atoms with Crippen LogP contribution in [0.15, 0.2) is 41.7 Å². The number of piperidine rings is 1. The second-order valence-electron chi connectivity index (χ2n) is 8.65. The Morgan fingerprint density at radius 2 is 1.93 bits per heavy atom. The highest BCUT2D eigenvalue weighted by Gasteiger charge is 2.27. The number of hydrogen-bond acceptors (Lipinski definition) is 3. The third-order valence-corrected chi connectivity index (χ3v) is 6.38. The molecule has 2 fully saturated rings. The number of nitrogens with one attached hydrogen (secondary N) is 1. The van der Waals surface area contributed by atoms with Gasteiger partial charge in [-0.05, 0) is 56.0 Å². The minimum Gasteiger partial charge on any atom is -0.357 e. The van der Waals surface area contributed by atoms with Gasteiger partial charge in [0.15, 0.2) is 5.96 Å². The summed E-state index contributed by atoms with van der Waals surface area (Å²) < 4.78 is 1.90. The van der Waals surface area contributed by atoms with Crippen molar-refractivity contribution in [2.45, 2.75) is 51.6 Å². The summed E-state index contributed by atoms with van der Waals surface area (Å²) in [6, 6.07) is 8.83. The van der Waals surface area contributed by atoms with Gasteiger partial charge in [-0.3, -0.25) is 9.58 Å². The molecule has 6 nitrogen and oxygen atoms in total. The number of rotatable bonds is 6. The Bertz CT molecular complexity index is 836.